The number of ether oxygens (including phenoxy) is 2. The number of halogens is 1. The van der Waals surface area contributed by atoms with Crippen LogP contribution < -0.4 is 15.4 Å². The van der Waals surface area contributed by atoms with Crippen LogP contribution in [0.2, 0.25) is 0 Å². The Bertz CT molecular complexity index is 519. The molecule has 1 aliphatic carbocycles. The Morgan fingerprint density at radius 3 is 2.75 bits per heavy atom. The zero-order chi connectivity index (χ0) is 16.5. The summed E-state index contributed by atoms with van der Waals surface area (Å²) in [5.41, 5.74) is 2.38. The molecule has 1 fully saturated rings. The van der Waals surface area contributed by atoms with Gasteiger partial charge < -0.3 is 20.1 Å². The average molecular weight is 447 g/mol. The number of aryl methyl sites for hydroxylation is 1. The van der Waals surface area contributed by atoms with E-state index in [4.69, 9.17) is 9.47 Å². The van der Waals surface area contributed by atoms with E-state index in [2.05, 4.69) is 40.7 Å². The molecule has 0 saturated heterocycles. The van der Waals surface area contributed by atoms with Crippen molar-refractivity contribution in [3.8, 4) is 5.75 Å². The monoisotopic (exact) mass is 447 g/mol. The van der Waals surface area contributed by atoms with Gasteiger partial charge in [-0.3, -0.25) is 4.99 Å². The van der Waals surface area contributed by atoms with E-state index in [9.17, 15) is 0 Å². The van der Waals surface area contributed by atoms with E-state index in [-0.39, 0.29) is 24.0 Å². The molecule has 136 valence electrons. The third kappa shape index (κ3) is 7.70. The predicted molar refractivity (Wildman–Crippen MR) is 110 cm³/mol. The van der Waals surface area contributed by atoms with Crippen LogP contribution in [0.3, 0.4) is 0 Å². The average Bonchev–Trinajstić information content (AvgIpc) is 3.38. The lowest BCUT2D eigenvalue weighted by Crippen LogP contribution is -2.38. The maximum atomic E-state index is 6.00. The summed E-state index contributed by atoms with van der Waals surface area (Å²) in [6.45, 7) is 7.76. The van der Waals surface area contributed by atoms with E-state index < -0.39 is 0 Å². The van der Waals surface area contributed by atoms with Crippen molar-refractivity contribution in [2.45, 2.75) is 33.2 Å². The van der Waals surface area contributed by atoms with Crippen LogP contribution in [-0.4, -0.2) is 39.4 Å². The van der Waals surface area contributed by atoms with Crippen molar-refractivity contribution in [2.24, 2.45) is 10.9 Å². The third-order valence-corrected chi connectivity index (χ3v) is 3.81. The Balaban J connectivity index is 0.00000288. The Kier molecular flexibility index (Phi) is 10.1. The fourth-order valence-electron chi connectivity index (χ4n) is 2.22. The summed E-state index contributed by atoms with van der Waals surface area (Å²) in [5.74, 6) is 2.51. The molecule has 6 heteroatoms. The minimum absolute atomic E-state index is 0. The summed E-state index contributed by atoms with van der Waals surface area (Å²) in [5, 5.41) is 6.57. The maximum Gasteiger partial charge on any atom is 0.191 e. The highest BCUT2D eigenvalue weighted by molar-refractivity contribution is 14.0. The molecule has 24 heavy (non-hydrogen) atoms. The van der Waals surface area contributed by atoms with E-state index in [1.54, 1.807) is 7.05 Å². The Morgan fingerprint density at radius 2 is 2.08 bits per heavy atom. The van der Waals surface area contributed by atoms with Crippen LogP contribution in [0.15, 0.2) is 23.2 Å². The first kappa shape index (κ1) is 21.0. The van der Waals surface area contributed by atoms with Crippen molar-refractivity contribution in [3.63, 3.8) is 0 Å². The fraction of sp³-hybridized carbons (Fsp3) is 0.611. The molecule has 0 aliphatic heterocycles. The maximum absolute atomic E-state index is 6.00. The predicted octanol–water partition coefficient (Wildman–Crippen LogP) is 3.10. The van der Waals surface area contributed by atoms with Gasteiger partial charge in [-0.05, 0) is 44.2 Å². The highest BCUT2D eigenvalue weighted by Gasteiger charge is 2.22. The van der Waals surface area contributed by atoms with E-state index in [1.807, 2.05) is 6.92 Å². The lowest BCUT2D eigenvalue weighted by atomic mass is 10.1. The molecule has 0 radical (unpaired) electrons. The van der Waals surface area contributed by atoms with Gasteiger partial charge in [-0.25, -0.2) is 0 Å². The first-order valence-corrected chi connectivity index (χ1v) is 8.47. The minimum atomic E-state index is 0. The van der Waals surface area contributed by atoms with Gasteiger partial charge >= 0.3 is 0 Å². The van der Waals surface area contributed by atoms with Gasteiger partial charge in [-0.1, -0.05) is 12.1 Å². The number of nitrogens with one attached hydrogen (secondary N) is 2. The normalized spacial score (nSPS) is 14.0. The quantitative estimate of drug-likeness (QED) is 0.265. The van der Waals surface area contributed by atoms with Crippen molar-refractivity contribution in [2.75, 3.05) is 33.4 Å². The van der Waals surface area contributed by atoms with Gasteiger partial charge in [-0.2, -0.15) is 0 Å². The number of hydrogen-bond acceptors (Lipinski definition) is 3. The van der Waals surface area contributed by atoms with Gasteiger partial charge in [0.1, 0.15) is 5.75 Å². The van der Waals surface area contributed by atoms with Crippen LogP contribution in [0.25, 0.3) is 0 Å². The summed E-state index contributed by atoms with van der Waals surface area (Å²) in [4.78, 5) is 4.23. The molecule has 2 rings (SSSR count). The Labute approximate surface area is 162 Å². The van der Waals surface area contributed by atoms with Crippen molar-refractivity contribution in [1.29, 1.82) is 0 Å². The number of nitrogens with zero attached hydrogens (tertiary/aromatic N) is 1. The van der Waals surface area contributed by atoms with Crippen molar-refractivity contribution < 1.29 is 9.47 Å². The second-order valence-electron chi connectivity index (χ2n) is 5.92. The third-order valence-electron chi connectivity index (χ3n) is 3.81. The number of guanidine groups is 1. The largest absolute Gasteiger partial charge is 0.493 e. The van der Waals surface area contributed by atoms with Crippen LogP contribution in [0.1, 0.15) is 30.9 Å². The van der Waals surface area contributed by atoms with E-state index in [1.165, 1.54) is 18.4 Å². The summed E-state index contributed by atoms with van der Waals surface area (Å²) in [6, 6.07) is 6.36. The van der Waals surface area contributed by atoms with E-state index >= 15 is 0 Å². The Morgan fingerprint density at radius 1 is 1.29 bits per heavy atom. The van der Waals surface area contributed by atoms with Gasteiger partial charge in [0, 0.05) is 32.3 Å². The van der Waals surface area contributed by atoms with Gasteiger partial charge in [0.15, 0.2) is 5.96 Å². The highest BCUT2D eigenvalue weighted by Crippen LogP contribution is 2.30. The number of hydrogen-bond donors (Lipinski definition) is 2. The number of rotatable bonds is 9. The summed E-state index contributed by atoms with van der Waals surface area (Å²) in [7, 11) is 1.77. The van der Waals surface area contributed by atoms with Crippen LogP contribution in [0, 0.1) is 12.8 Å². The van der Waals surface area contributed by atoms with Gasteiger partial charge in [0.05, 0.1) is 13.2 Å². The fourth-order valence-corrected chi connectivity index (χ4v) is 2.22. The lowest BCUT2D eigenvalue weighted by Gasteiger charge is -2.15. The molecule has 0 aromatic heterocycles. The molecule has 0 atom stereocenters. The SMILES string of the molecule is CCOCCNC(=NC)NCc1ccc(C)cc1OCC1CC1.I. The minimum Gasteiger partial charge on any atom is -0.493 e. The second kappa shape index (κ2) is 11.5. The van der Waals surface area contributed by atoms with Gasteiger partial charge in [-0.15, -0.1) is 24.0 Å². The molecule has 0 amide bonds. The standard InChI is InChI=1S/C18H29N3O2.HI/c1-4-22-10-9-20-18(19-3)21-12-16-8-5-14(2)11-17(16)23-13-15-6-7-15;/h5,8,11,15H,4,6-7,9-10,12-13H2,1-3H3,(H2,19,20,21);1H. The van der Waals surface area contributed by atoms with Crippen LogP contribution in [0.5, 0.6) is 5.75 Å². The zero-order valence-electron chi connectivity index (χ0n) is 14.9. The number of aliphatic imine (C=N–C) groups is 1. The first-order valence-electron chi connectivity index (χ1n) is 8.47. The second-order valence-corrected chi connectivity index (χ2v) is 5.92. The van der Waals surface area contributed by atoms with Crippen molar-refractivity contribution >= 4 is 29.9 Å². The molecular formula is C18H30IN3O2. The molecule has 0 unspecified atom stereocenters. The molecule has 1 saturated carbocycles. The van der Waals surface area contributed by atoms with Crippen molar-refractivity contribution in [1.82, 2.24) is 10.6 Å². The molecule has 0 heterocycles. The smallest absolute Gasteiger partial charge is 0.191 e. The van der Waals surface area contributed by atoms with Gasteiger partial charge in [0.2, 0.25) is 0 Å². The summed E-state index contributed by atoms with van der Waals surface area (Å²) >= 11 is 0. The summed E-state index contributed by atoms with van der Waals surface area (Å²) in [6.07, 6.45) is 2.60. The van der Waals surface area contributed by atoms with Crippen LogP contribution in [-0.2, 0) is 11.3 Å². The van der Waals surface area contributed by atoms with E-state index in [0.29, 0.717) is 13.2 Å². The van der Waals surface area contributed by atoms with E-state index in [0.717, 1.165) is 42.9 Å². The molecule has 0 spiro atoms. The molecular weight excluding hydrogens is 417 g/mol. The molecule has 0 bridgehead atoms. The molecule has 2 N–H and O–H groups in total. The van der Waals surface area contributed by atoms with Crippen molar-refractivity contribution in [3.05, 3.63) is 29.3 Å². The molecule has 1 aliphatic rings. The zero-order valence-corrected chi connectivity index (χ0v) is 17.3. The van der Waals surface area contributed by atoms with Crippen LogP contribution >= 0.6 is 24.0 Å². The molecule has 1 aromatic rings. The topological polar surface area (TPSA) is 54.9 Å². The molecule has 1 aromatic carbocycles. The Hall–Kier alpha value is -1.02. The van der Waals surface area contributed by atoms with Gasteiger partial charge in [0.25, 0.3) is 0 Å². The van der Waals surface area contributed by atoms with Crippen LogP contribution in [0.4, 0.5) is 0 Å². The molecule has 5 nitrogen and oxygen atoms in total. The number of benzene rings is 1. The lowest BCUT2D eigenvalue weighted by molar-refractivity contribution is 0.152. The first-order chi connectivity index (χ1) is 11.2. The summed E-state index contributed by atoms with van der Waals surface area (Å²) < 4.78 is 11.3. The highest BCUT2D eigenvalue weighted by atomic mass is 127.